The molecule has 1 heterocycles. The molecule has 5 nitrogen and oxygen atoms in total. The second-order valence-corrected chi connectivity index (χ2v) is 4.17. The molecule has 0 radical (unpaired) electrons. The minimum absolute atomic E-state index is 0.100. The number of amides is 1. The average Bonchev–Trinajstić information content (AvgIpc) is 2.95. The van der Waals surface area contributed by atoms with Gasteiger partial charge in [0.2, 0.25) is 0 Å². The van der Waals surface area contributed by atoms with Crippen LogP contribution in [0.2, 0.25) is 0 Å². The summed E-state index contributed by atoms with van der Waals surface area (Å²) in [5, 5.41) is 14.5. The van der Waals surface area contributed by atoms with Gasteiger partial charge in [0.05, 0.1) is 12.3 Å². The molecule has 0 aliphatic heterocycles. The van der Waals surface area contributed by atoms with E-state index in [0.717, 1.165) is 10.7 Å². The number of halogens is 3. The van der Waals surface area contributed by atoms with E-state index in [1.165, 1.54) is 30.5 Å². The van der Waals surface area contributed by atoms with Gasteiger partial charge in [0.15, 0.2) is 5.69 Å². The van der Waals surface area contributed by atoms with Crippen LogP contribution in [0.15, 0.2) is 36.5 Å². The van der Waals surface area contributed by atoms with Gasteiger partial charge in [-0.2, -0.15) is 18.3 Å². The Morgan fingerprint density at radius 3 is 2.71 bits per heavy atom. The molecular weight excluding hydrogens is 287 g/mol. The Hall–Kier alpha value is -2.35. The lowest BCUT2D eigenvalue weighted by molar-refractivity contribution is -0.141. The van der Waals surface area contributed by atoms with Gasteiger partial charge in [-0.1, -0.05) is 6.07 Å². The molecule has 0 unspecified atom stereocenters. The van der Waals surface area contributed by atoms with Crippen LogP contribution in [-0.2, 0) is 6.18 Å². The maximum absolute atomic E-state index is 12.5. The Labute approximate surface area is 118 Å². The van der Waals surface area contributed by atoms with Crippen molar-refractivity contribution in [2.75, 3.05) is 13.2 Å². The zero-order chi connectivity index (χ0) is 15.5. The number of rotatable bonds is 4. The lowest BCUT2D eigenvalue weighted by atomic mass is 10.2. The molecule has 0 spiro atoms. The number of benzene rings is 1. The highest BCUT2D eigenvalue weighted by molar-refractivity contribution is 5.94. The summed E-state index contributed by atoms with van der Waals surface area (Å²) in [4.78, 5) is 11.7. The van der Waals surface area contributed by atoms with Crippen molar-refractivity contribution in [3.8, 4) is 5.69 Å². The molecular formula is C13H12F3N3O2. The number of hydrogen-bond donors (Lipinski definition) is 2. The molecule has 0 aliphatic rings. The van der Waals surface area contributed by atoms with E-state index >= 15 is 0 Å². The summed E-state index contributed by atoms with van der Waals surface area (Å²) in [7, 11) is 0. The molecule has 1 aromatic heterocycles. The van der Waals surface area contributed by atoms with Gasteiger partial charge in [0.25, 0.3) is 5.91 Å². The van der Waals surface area contributed by atoms with Crippen molar-refractivity contribution in [1.82, 2.24) is 15.1 Å². The van der Waals surface area contributed by atoms with Crippen molar-refractivity contribution < 1.29 is 23.1 Å². The maximum atomic E-state index is 12.5. The third kappa shape index (κ3) is 3.60. The Morgan fingerprint density at radius 2 is 2.10 bits per heavy atom. The average molecular weight is 299 g/mol. The van der Waals surface area contributed by atoms with Crippen LogP contribution in [0.4, 0.5) is 13.2 Å². The second-order valence-electron chi connectivity index (χ2n) is 4.17. The van der Waals surface area contributed by atoms with Gasteiger partial charge < -0.3 is 10.4 Å². The summed E-state index contributed by atoms with van der Waals surface area (Å²) in [6.07, 6.45) is -3.34. The number of carbonyl (C=O) groups is 1. The third-order valence-corrected chi connectivity index (χ3v) is 2.65. The van der Waals surface area contributed by atoms with Crippen molar-refractivity contribution >= 4 is 5.91 Å². The molecule has 0 bridgehead atoms. The van der Waals surface area contributed by atoms with Crippen LogP contribution in [-0.4, -0.2) is 33.9 Å². The Balaban J connectivity index is 2.25. The van der Waals surface area contributed by atoms with E-state index in [9.17, 15) is 18.0 Å². The number of aliphatic hydroxyl groups is 1. The summed E-state index contributed by atoms with van der Waals surface area (Å²) in [6.45, 7) is -0.0947. The fourth-order valence-electron chi connectivity index (χ4n) is 1.68. The molecule has 8 heteroatoms. The van der Waals surface area contributed by atoms with Crippen molar-refractivity contribution in [2.45, 2.75) is 6.18 Å². The second kappa shape index (κ2) is 5.96. The number of alkyl halides is 3. The number of carbonyl (C=O) groups excluding carboxylic acids is 1. The van der Waals surface area contributed by atoms with E-state index in [0.29, 0.717) is 5.69 Å². The first-order valence-electron chi connectivity index (χ1n) is 6.04. The first kappa shape index (κ1) is 15.0. The Bertz CT molecular complexity index is 638. The molecule has 0 aliphatic carbocycles. The molecule has 1 aromatic carbocycles. The van der Waals surface area contributed by atoms with Gasteiger partial charge in [-0.3, -0.25) is 4.79 Å². The van der Waals surface area contributed by atoms with Crippen LogP contribution in [0.1, 0.15) is 16.1 Å². The fourth-order valence-corrected chi connectivity index (χ4v) is 1.68. The summed E-state index contributed by atoms with van der Waals surface area (Å²) in [6, 6.07) is 6.87. The minimum Gasteiger partial charge on any atom is -0.395 e. The maximum Gasteiger partial charge on any atom is 0.435 e. The molecule has 2 rings (SSSR count). The van der Waals surface area contributed by atoms with Crippen LogP contribution in [0, 0.1) is 0 Å². The highest BCUT2D eigenvalue weighted by Crippen LogP contribution is 2.27. The SMILES string of the molecule is O=C(NCCO)c1cccc(-n2ccc(C(F)(F)F)n2)c1. The van der Waals surface area contributed by atoms with Gasteiger partial charge in [0, 0.05) is 18.3 Å². The molecule has 1 amide bonds. The molecule has 0 saturated heterocycles. The predicted molar refractivity (Wildman–Crippen MR) is 68.0 cm³/mol. The zero-order valence-electron chi connectivity index (χ0n) is 10.8. The summed E-state index contributed by atoms with van der Waals surface area (Å²) >= 11 is 0. The highest BCUT2D eigenvalue weighted by atomic mass is 19.4. The highest BCUT2D eigenvalue weighted by Gasteiger charge is 2.33. The van der Waals surface area contributed by atoms with Gasteiger partial charge in [-0.25, -0.2) is 4.68 Å². The lowest BCUT2D eigenvalue weighted by Crippen LogP contribution is -2.26. The van der Waals surface area contributed by atoms with Crippen molar-refractivity contribution in [3.63, 3.8) is 0 Å². The van der Waals surface area contributed by atoms with Gasteiger partial charge in [-0.05, 0) is 24.3 Å². The normalized spacial score (nSPS) is 11.4. The van der Waals surface area contributed by atoms with E-state index < -0.39 is 17.8 Å². The molecule has 21 heavy (non-hydrogen) atoms. The van der Waals surface area contributed by atoms with E-state index in [-0.39, 0.29) is 18.7 Å². The van der Waals surface area contributed by atoms with E-state index in [1.54, 1.807) is 0 Å². The topological polar surface area (TPSA) is 67.2 Å². The number of aromatic nitrogens is 2. The molecule has 0 saturated carbocycles. The number of hydrogen-bond acceptors (Lipinski definition) is 3. The first-order chi connectivity index (χ1) is 9.91. The van der Waals surface area contributed by atoms with Crippen LogP contribution in [0.3, 0.4) is 0 Å². The molecule has 2 aromatic rings. The van der Waals surface area contributed by atoms with E-state index in [1.807, 2.05) is 0 Å². The van der Waals surface area contributed by atoms with Crippen molar-refractivity contribution in [3.05, 3.63) is 47.8 Å². The van der Waals surface area contributed by atoms with Crippen molar-refractivity contribution in [2.24, 2.45) is 0 Å². The van der Waals surface area contributed by atoms with Crippen LogP contribution in [0.5, 0.6) is 0 Å². The van der Waals surface area contributed by atoms with Crippen LogP contribution in [0.25, 0.3) is 5.69 Å². The summed E-state index contributed by atoms with van der Waals surface area (Å²) < 4.78 is 38.5. The molecule has 112 valence electrons. The van der Waals surface area contributed by atoms with Gasteiger partial charge >= 0.3 is 6.18 Å². The molecule has 2 N–H and O–H groups in total. The molecule has 0 fully saturated rings. The monoisotopic (exact) mass is 299 g/mol. The van der Waals surface area contributed by atoms with E-state index in [2.05, 4.69) is 10.4 Å². The predicted octanol–water partition coefficient (Wildman–Crippen LogP) is 1.61. The summed E-state index contributed by atoms with van der Waals surface area (Å²) in [5.41, 5.74) is -0.398. The largest absolute Gasteiger partial charge is 0.435 e. The number of aliphatic hydroxyl groups excluding tert-OH is 1. The summed E-state index contributed by atoms with van der Waals surface area (Å²) in [5.74, 6) is -0.422. The standard InChI is InChI=1S/C13H12F3N3O2/c14-13(15,16)11-4-6-19(18-11)10-3-1-2-9(8-10)12(21)17-5-7-20/h1-4,6,8,20H,5,7H2,(H,17,21). The third-order valence-electron chi connectivity index (χ3n) is 2.65. The van der Waals surface area contributed by atoms with Crippen LogP contribution >= 0.6 is 0 Å². The smallest absolute Gasteiger partial charge is 0.395 e. The van der Waals surface area contributed by atoms with E-state index in [4.69, 9.17) is 5.11 Å². The number of nitrogens with zero attached hydrogens (tertiary/aromatic N) is 2. The quantitative estimate of drug-likeness (QED) is 0.901. The van der Waals surface area contributed by atoms with Gasteiger partial charge in [-0.15, -0.1) is 0 Å². The fraction of sp³-hybridized carbons (Fsp3) is 0.231. The molecule has 0 atom stereocenters. The Kier molecular flexibility index (Phi) is 4.27. The lowest BCUT2D eigenvalue weighted by Gasteiger charge is -2.06. The Morgan fingerprint density at radius 1 is 1.33 bits per heavy atom. The van der Waals surface area contributed by atoms with Crippen molar-refractivity contribution in [1.29, 1.82) is 0 Å². The van der Waals surface area contributed by atoms with Gasteiger partial charge in [0.1, 0.15) is 0 Å². The van der Waals surface area contributed by atoms with Crippen LogP contribution < -0.4 is 5.32 Å². The minimum atomic E-state index is -4.51. The first-order valence-corrected chi connectivity index (χ1v) is 6.04. The zero-order valence-corrected chi connectivity index (χ0v) is 10.8. The number of nitrogens with one attached hydrogen (secondary N) is 1.